The van der Waals surface area contributed by atoms with E-state index in [0.29, 0.717) is 35.5 Å². The maximum Gasteiger partial charge on any atom is 0.233 e. The lowest BCUT2D eigenvalue weighted by Crippen LogP contribution is -2.39. The molecule has 0 radical (unpaired) electrons. The highest BCUT2D eigenvalue weighted by Gasteiger charge is 2.53. The van der Waals surface area contributed by atoms with Crippen LogP contribution < -0.4 is 9.47 Å². The summed E-state index contributed by atoms with van der Waals surface area (Å²) in [5, 5.41) is 10.6. The van der Waals surface area contributed by atoms with E-state index in [1.54, 1.807) is 43.4 Å². The first-order valence-corrected chi connectivity index (χ1v) is 8.83. The monoisotopic (exact) mass is 373 g/mol. The van der Waals surface area contributed by atoms with E-state index in [9.17, 15) is 14.3 Å². The number of ether oxygens (including phenoxy) is 2. The lowest BCUT2D eigenvalue weighted by atomic mass is 9.93. The number of benzene rings is 2. The molecule has 0 aliphatic heterocycles. The molecule has 1 atom stereocenters. The van der Waals surface area contributed by atoms with Crippen molar-refractivity contribution in [1.82, 2.24) is 4.90 Å². The Morgan fingerprint density at radius 3 is 2.44 bits per heavy atom. The Morgan fingerprint density at radius 2 is 1.85 bits per heavy atom. The molecule has 1 amide bonds. The second-order valence-electron chi connectivity index (χ2n) is 6.88. The molecule has 0 heterocycles. The van der Waals surface area contributed by atoms with E-state index >= 15 is 0 Å². The number of aliphatic hydroxyl groups is 1. The van der Waals surface area contributed by atoms with Gasteiger partial charge in [0, 0.05) is 12.6 Å². The summed E-state index contributed by atoms with van der Waals surface area (Å²) in [5.41, 5.74) is 0.239. The third-order valence-electron chi connectivity index (χ3n) is 5.13. The molecule has 0 aromatic heterocycles. The number of hydrogen-bond donors (Lipinski definition) is 1. The summed E-state index contributed by atoms with van der Waals surface area (Å²) >= 11 is 0. The van der Waals surface area contributed by atoms with Crippen LogP contribution in [0.5, 0.6) is 11.5 Å². The van der Waals surface area contributed by atoms with Crippen LogP contribution in [0, 0.1) is 5.82 Å². The number of aliphatic hydroxyl groups excluding tert-OH is 1. The molecule has 0 spiro atoms. The number of carbonyl (C=O) groups excluding carboxylic acids is 1. The third-order valence-corrected chi connectivity index (χ3v) is 5.13. The topological polar surface area (TPSA) is 59.0 Å². The van der Waals surface area contributed by atoms with Gasteiger partial charge in [-0.05, 0) is 36.6 Å². The van der Waals surface area contributed by atoms with Gasteiger partial charge in [-0.15, -0.1) is 0 Å². The van der Waals surface area contributed by atoms with Gasteiger partial charge in [0.15, 0.2) is 11.5 Å². The summed E-state index contributed by atoms with van der Waals surface area (Å²) in [6.07, 6.45) is 0.336. The SMILES string of the molecule is COc1ccc(C(O)CN(C)C(=O)C2(c3ccccc3F)CC2)cc1OC. The second kappa shape index (κ2) is 7.56. The lowest BCUT2D eigenvalue weighted by Gasteiger charge is -2.26. The standard InChI is InChI=1S/C21H24FNO4/c1-23(13-17(24)14-8-9-18(26-2)19(12-14)27-3)20(25)21(10-11-21)15-6-4-5-7-16(15)22/h4-9,12,17,24H,10-11,13H2,1-3H3. The van der Waals surface area contributed by atoms with Crippen LogP contribution in [0.3, 0.4) is 0 Å². The number of rotatable bonds is 7. The highest BCUT2D eigenvalue weighted by molar-refractivity contribution is 5.91. The van der Waals surface area contributed by atoms with Crippen LogP contribution in [-0.4, -0.2) is 43.7 Å². The number of halogens is 1. The van der Waals surface area contributed by atoms with Crippen LogP contribution >= 0.6 is 0 Å². The van der Waals surface area contributed by atoms with Crippen molar-refractivity contribution in [3.63, 3.8) is 0 Å². The molecule has 3 rings (SSSR count). The van der Waals surface area contributed by atoms with E-state index in [2.05, 4.69) is 0 Å². The summed E-state index contributed by atoms with van der Waals surface area (Å²) in [6, 6.07) is 11.5. The van der Waals surface area contributed by atoms with Gasteiger partial charge in [-0.25, -0.2) is 4.39 Å². The summed E-state index contributed by atoms with van der Waals surface area (Å²) in [6.45, 7) is 0.102. The molecule has 1 fully saturated rings. The molecular formula is C21H24FNO4. The maximum atomic E-state index is 14.2. The zero-order valence-corrected chi connectivity index (χ0v) is 15.7. The number of likely N-dealkylation sites (N-methyl/N-ethyl adjacent to an activating group) is 1. The molecule has 1 aliphatic carbocycles. The first kappa shape index (κ1) is 19.2. The van der Waals surface area contributed by atoms with Crippen LogP contribution in [0.1, 0.15) is 30.1 Å². The fourth-order valence-electron chi connectivity index (χ4n) is 3.45. The first-order valence-electron chi connectivity index (χ1n) is 8.83. The van der Waals surface area contributed by atoms with Gasteiger partial charge in [-0.1, -0.05) is 24.3 Å². The first-order chi connectivity index (χ1) is 12.9. The average Bonchev–Trinajstić information content (AvgIpc) is 3.48. The summed E-state index contributed by atoms with van der Waals surface area (Å²) in [7, 11) is 4.69. The Bertz CT molecular complexity index is 835. The van der Waals surface area contributed by atoms with Crippen molar-refractivity contribution in [2.75, 3.05) is 27.8 Å². The minimum Gasteiger partial charge on any atom is -0.493 e. The third kappa shape index (κ3) is 3.62. The van der Waals surface area contributed by atoms with E-state index in [4.69, 9.17) is 9.47 Å². The van der Waals surface area contributed by atoms with Crippen LogP contribution in [-0.2, 0) is 10.2 Å². The number of hydrogen-bond acceptors (Lipinski definition) is 4. The minimum absolute atomic E-state index is 0.102. The molecule has 0 bridgehead atoms. The van der Waals surface area contributed by atoms with Crippen molar-refractivity contribution in [3.8, 4) is 11.5 Å². The van der Waals surface area contributed by atoms with Crippen LogP contribution in [0.2, 0.25) is 0 Å². The molecule has 27 heavy (non-hydrogen) atoms. The zero-order chi connectivity index (χ0) is 19.6. The lowest BCUT2D eigenvalue weighted by molar-refractivity contribution is -0.134. The molecule has 1 saturated carbocycles. The van der Waals surface area contributed by atoms with Crippen LogP contribution in [0.4, 0.5) is 4.39 Å². The van der Waals surface area contributed by atoms with Crippen molar-refractivity contribution in [1.29, 1.82) is 0 Å². The molecule has 144 valence electrons. The number of amides is 1. The molecule has 1 unspecified atom stereocenters. The Kier molecular flexibility index (Phi) is 5.37. The van der Waals surface area contributed by atoms with E-state index < -0.39 is 11.5 Å². The Hall–Kier alpha value is -2.60. The fourth-order valence-corrected chi connectivity index (χ4v) is 3.45. The Morgan fingerprint density at radius 1 is 1.19 bits per heavy atom. The van der Waals surface area contributed by atoms with Gasteiger partial charge in [0.1, 0.15) is 5.82 Å². The minimum atomic E-state index is -0.893. The Labute approximate surface area is 158 Å². The number of methoxy groups -OCH3 is 2. The highest BCUT2D eigenvalue weighted by Crippen LogP contribution is 2.50. The van der Waals surface area contributed by atoms with Gasteiger partial charge in [0.05, 0.1) is 32.3 Å². The maximum absolute atomic E-state index is 14.2. The molecule has 0 saturated heterocycles. The van der Waals surface area contributed by atoms with Crippen molar-refractivity contribution in [2.24, 2.45) is 0 Å². The highest BCUT2D eigenvalue weighted by atomic mass is 19.1. The fraction of sp³-hybridized carbons (Fsp3) is 0.381. The van der Waals surface area contributed by atoms with Crippen LogP contribution in [0.25, 0.3) is 0 Å². The van der Waals surface area contributed by atoms with Gasteiger partial charge in [-0.2, -0.15) is 0 Å². The molecule has 2 aromatic rings. The number of carbonyl (C=O) groups is 1. The van der Waals surface area contributed by atoms with Gasteiger partial charge in [0.2, 0.25) is 5.91 Å². The van der Waals surface area contributed by atoms with Gasteiger partial charge in [0.25, 0.3) is 0 Å². The quantitative estimate of drug-likeness (QED) is 0.810. The normalized spacial score (nSPS) is 15.7. The van der Waals surface area contributed by atoms with Gasteiger partial charge >= 0.3 is 0 Å². The van der Waals surface area contributed by atoms with Crippen molar-refractivity contribution in [3.05, 3.63) is 59.4 Å². The molecule has 5 nitrogen and oxygen atoms in total. The van der Waals surface area contributed by atoms with E-state index in [1.165, 1.54) is 25.2 Å². The molecule has 6 heteroatoms. The van der Waals surface area contributed by atoms with Crippen molar-refractivity contribution >= 4 is 5.91 Å². The number of nitrogens with zero attached hydrogens (tertiary/aromatic N) is 1. The average molecular weight is 373 g/mol. The van der Waals surface area contributed by atoms with E-state index in [-0.39, 0.29) is 18.3 Å². The Balaban J connectivity index is 1.74. The second-order valence-corrected chi connectivity index (χ2v) is 6.88. The van der Waals surface area contributed by atoms with Crippen LogP contribution in [0.15, 0.2) is 42.5 Å². The van der Waals surface area contributed by atoms with Crippen molar-refractivity contribution in [2.45, 2.75) is 24.4 Å². The van der Waals surface area contributed by atoms with Gasteiger partial charge < -0.3 is 19.5 Å². The predicted molar refractivity (Wildman–Crippen MR) is 99.5 cm³/mol. The van der Waals surface area contributed by atoms with Crippen molar-refractivity contribution < 1.29 is 23.8 Å². The van der Waals surface area contributed by atoms with E-state index in [0.717, 1.165) is 0 Å². The zero-order valence-electron chi connectivity index (χ0n) is 15.7. The van der Waals surface area contributed by atoms with E-state index in [1.807, 2.05) is 0 Å². The molecule has 2 aromatic carbocycles. The summed E-state index contributed by atoms with van der Waals surface area (Å²) in [4.78, 5) is 14.4. The summed E-state index contributed by atoms with van der Waals surface area (Å²) < 4.78 is 24.6. The molecule has 1 N–H and O–H groups in total. The molecular weight excluding hydrogens is 349 g/mol. The predicted octanol–water partition coefficient (Wildman–Crippen LogP) is 3.07. The summed E-state index contributed by atoms with van der Waals surface area (Å²) in [5.74, 6) is 0.534. The largest absolute Gasteiger partial charge is 0.493 e. The molecule has 1 aliphatic rings. The van der Waals surface area contributed by atoms with Gasteiger partial charge in [-0.3, -0.25) is 4.79 Å². The smallest absolute Gasteiger partial charge is 0.233 e.